The van der Waals surface area contributed by atoms with Gasteiger partial charge in [0.05, 0.1) is 5.69 Å². The Morgan fingerprint density at radius 2 is 1.90 bits per heavy atom. The first-order chi connectivity index (χ1) is 9.63. The maximum Gasteiger partial charge on any atom is 0.123 e. The van der Waals surface area contributed by atoms with Crippen molar-refractivity contribution in [2.75, 3.05) is 7.05 Å². The van der Waals surface area contributed by atoms with Crippen molar-refractivity contribution >= 4 is 17.0 Å². The van der Waals surface area contributed by atoms with Gasteiger partial charge in [-0.25, -0.2) is 4.39 Å². The van der Waals surface area contributed by atoms with Crippen LogP contribution in [0.25, 0.3) is 5.57 Å². The largest absolute Gasteiger partial charge is 0.357 e. The lowest BCUT2D eigenvalue weighted by Gasteiger charge is -2.11. The van der Waals surface area contributed by atoms with E-state index in [1.807, 2.05) is 55.6 Å². The van der Waals surface area contributed by atoms with Crippen LogP contribution in [0, 0.1) is 5.82 Å². The van der Waals surface area contributed by atoms with Gasteiger partial charge >= 0.3 is 0 Å². The zero-order valence-corrected chi connectivity index (χ0v) is 11.5. The van der Waals surface area contributed by atoms with Gasteiger partial charge in [-0.1, -0.05) is 12.2 Å². The minimum atomic E-state index is -0.230. The molecule has 2 aliphatic heterocycles. The highest BCUT2D eigenvalue weighted by molar-refractivity contribution is 6.28. The second kappa shape index (κ2) is 4.93. The first kappa shape index (κ1) is 12.6. The molecule has 1 aromatic carbocycles. The van der Waals surface area contributed by atoms with Crippen LogP contribution in [0.5, 0.6) is 0 Å². The monoisotopic (exact) mass is 266 g/mol. The fourth-order valence-corrected chi connectivity index (χ4v) is 2.27. The van der Waals surface area contributed by atoms with Gasteiger partial charge in [-0.15, -0.1) is 0 Å². The number of fused-ring (bicyclic) bond motifs is 1. The Bertz CT molecular complexity index is 690. The van der Waals surface area contributed by atoms with E-state index < -0.39 is 0 Å². The molecule has 2 aliphatic rings. The molecule has 0 saturated carbocycles. The van der Waals surface area contributed by atoms with E-state index in [0.717, 1.165) is 28.1 Å². The highest BCUT2D eigenvalue weighted by atomic mass is 19.1. The number of aliphatic imine (C=N–C) groups is 1. The summed E-state index contributed by atoms with van der Waals surface area (Å²) in [7, 11) is 1.98. The molecule has 3 rings (SSSR count). The van der Waals surface area contributed by atoms with Gasteiger partial charge in [-0.2, -0.15) is 0 Å². The van der Waals surface area contributed by atoms with Crippen molar-refractivity contribution in [3.63, 3.8) is 0 Å². The van der Waals surface area contributed by atoms with E-state index in [0.29, 0.717) is 0 Å². The summed E-state index contributed by atoms with van der Waals surface area (Å²) in [6, 6.07) is 4.71. The van der Waals surface area contributed by atoms with E-state index in [2.05, 4.69) is 4.99 Å². The molecule has 0 amide bonds. The summed E-state index contributed by atoms with van der Waals surface area (Å²) in [4.78, 5) is 6.44. The van der Waals surface area contributed by atoms with E-state index in [1.165, 1.54) is 6.07 Å². The Balaban J connectivity index is 1.96. The molecule has 100 valence electrons. The molecule has 0 saturated heterocycles. The van der Waals surface area contributed by atoms with Gasteiger partial charge in [-0.3, -0.25) is 4.99 Å². The minimum Gasteiger partial charge on any atom is -0.357 e. The van der Waals surface area contributed by atoms with E-state index in [4.69, 9.17) is 0 Å². The fraction of sp³-hybridized carbons (Fsp3) is 0.118. The molecule has 0 aromatic heterocycles. The third kappa shape index (κ3) is 2.35. The topological polar surface area (TPSA) is 15.6 Å². The first-order valence-corrected chi connectivity index (χ1v) is 6.49. The average Bonchev–Trinajstić information content (AvgIpc) is 2.73. The lowest BCUT2D eigenvalue weighted by molar-refractivity contribution is 0.620. The molecule has 0 atom stereocenters. The van der Waals surface area contributed by atoms with Gasteiger partial charge in [0.25, 0.3) is 0 Å². The quantitative estimate of drug-likeness (QED) is 0.743. The number of hydrogen-bond donors (Lipinski definition) is 0. The number of nitrogens with zero attached hydrogens (tertiary/aromatic N) is 2. The van der Waals surface area contributed by atoms with E-state index in [9.17, 15) is 4.39 Å². The molecule has 0 unspecified atom stereocenters. The van der Waals surface area contributed by atoms with Crippen LogP contribution in [0.3, 0.4) is 0 Å². The van der Waals surface area contributed by atoms with Gasteiger partial charge in [0.2, 0.25) is 0 Å². The van der Waals surface area contributed by atoms with Crippen molar-refractivity contribution in [3.05, 3.63) is 71.9 Å². The van der Waals surface area contributed by atoms with Gasteiger partial charge < -0.3 is 4.90 Å². The highest BCUT2D eigenvalue weighted by Gasteiger charge is 2.17. The van der Waals surface area contributed by atoms with Crippen molar-refractivity contribution in [1.29, 1.82) is 0 Å². The SMILES string of the molecule is CC1=Nc2ccc(F)cc2/C1=C\C=C1C=CN(C)C=C1. The van der Waals surface area contributed by atoms with Crippen LogP contribution in [-0.4, -0.2) is 17.7 Å². The van der Waals surface area contributed by atoms with Crippen LogP contribution in [0.4, 0.5) is 10.1 Å². The normalized spacial score (nSPS) is 18.6. The summed E-state index contributed by atoms with van der Waals surface area (Å²) in [5, 5.41) is 0. The molecule has 0 fully saturated rings. The van der Waals surface area contributed by atoms with E-state index >= 15 is 0 Å². The van der Waals surface area contributed by atoms with Gasteiger partial charge in [0.1, 0.15) is 5.82 Å². The maximum atomic E-state index is 13.4. The summed E-state index contributed by atoms with van der Waals surface area (Å²) >= 11 is 0. The van der Waals surface area contributed by atoms with Gasteiger partial charge in [0, 0.05) is 36.3 Å². The average molecular weight is 266 g/mol. The summed E-state index contributed by atoms with van der Waals surface area (Å²) in [5.74, 6) is -0.230. The Hall–Kier alpha value is -2.42. The second-order valence-corrected chi connectivity index (χ2v) is 4.90. The van der Waals surface area contributed by atoms with E-state index in [-0.39, 0.29) is 5.82 Å². The summed E-state index contributed by atoms with van der Waals surface area (Å²) in [5.41, 5.74) is 4.70. The number of halogens is 1. The molecule has 1 aromatic rings. The molecule has 0 radical (unpaired) electrons. The third-order valence-corrected chi connectivity index (χ3v) is 3.37. The van der Waals surface area contributed by atoms with Crippen molar-refractivity contribution < 1.29 is 4.39 Å². The summed E-state index contributed by atoms with van der Waals surface area (Å²) in [6.07, 6.45) is 12.1. The standard InChI is InChI=1S/C17H15FN2/c1-12-15(5-3-13-7-9-20(2)10-8-13)16-11-14(18)4-6-17(16)19-12/h3-11H,1-2H3/b15-5-. The highest BCUT2D eigenvalue weighted by Crippen LogP contribution is 2.35. The number of allylic oxidation sites excluding steroid dienone is 6. The van der Waals surface area contributed by atoms with Crippen molar-refractivity contribution in [2.24, 2.45) is 4.99 Å². The minimum absolute atomic E-state index is 0.230. The lowest BCUT2D eigenvalue weighted by atomic mass is 10.0. The van der Waals surface area contributed by atoms with Crippen LogP contribution >= 0.6 is 0 Å². The summed E-state index contributed by atoms with van der Waals surface area (Å²) in [6.45, 7) is 1.95. The number of hydrogen-bond acceptors (Lipinski definition) is 2. The Morgan fingerprint density at radius 3 is 2.65 bits per heavy atom. The lowest BCUT2D eigenvalue weighted by Crippen LogP contribution is -2.02. The molecule has 0 bridgehead atoms. The predicted octanol–water partition coefficient (Wildman–Crippen LogP) is 4.21. The molecule has 2 heterocycles. The van der Waals surface area contributed by atoms with Crippen LogP contribution in [0.15, 0.2) is 65.5 Å². The molecule has 0 aliphatic carbocycles. The van der Waals surface area contributed by atoms with Crippen LogP contribution in [0.1, 0.15) is 12.5 Å². The third-order valence-electron chi connectivity index (χ3n) is 3.37. The van der Waals surface area contributed by atoms with Crippen molar-refractivity contribution in [2.45, 2.75) is 6.92 Å². The zero-order chi connectivity index (χ0) is 14.1. The Labute approximate surface area is 117 Å². The summed E-state index contributed by atoms with van der Waals surface area (Å²) < 4.78 is 13.4. The van der Waals surface area contributed by atoms with Crippen LogP contribution < -0.4 is 0 Å². The Kier molecular flexibility index (Phi) is 3.11. The smallest absolute Gasteiger partial charge is 0.123 e. The number of rotatable bonds is 1. The van der Waals surface area contributed by atoms with Gasteiger partial charge in [0.15, 0.2) is 0 Å². The molecule has 20 heavy (non-hydrogen) atoms. The predicted molar refractivity (Wildman–Crippen MR) is 81.3 cm³/mol. The van der Waals surface area contributed by atoms with Crippen LogP contribution in [-0.2, 0) is 0 Å². The fourth-order valence-electron chi connectivity index (χ4n) is 2.27. The first-order valence-electron chi connectivity index (χ1n) is 6.49. The maximum absolute atomic E-state index is 13.4. The molecule has 0 N–H and O–H groups in total. The molecule has 2 nitrogen and oxygen atoms in total. The molecular weight excluding hydrogens is 251 g/mol. The van der Waals surface area contributed by atoms with Crippen molar-refractivity contribution in [3.8, 4) is 0 Å². The second-order valence-electron chi connectivity index (χ2n) is 4.90. The van der Waals surface area contributed by atoms with Gasteiger partial charge in [-0.05, 0) is 42.8 Å². The van der Waals surface area contributed by atoms with E-state index in [1.54, 1.807) is 12.1 Å². The molecule has 0 spiro atoms. The zero-order valence-electron chi connectivity index (χ0n) is 11.5. The molecule has 3 heteroatoms. The van der Waals surface area contributed by atoms with Crippen LogP contribution in [0.2, 0.25) is 0 Å². The van der Waals surface area contributed by atoms with Crippen molar-refractivity contribution in [1.82, 2.24) is 4.90 Å². The molecular formula is C17H15FN2. The Morgan fingerprint density at radius 1 is 1.15 bits per heavy atom. The number of benzene rings is 1.